The van der Waals surface area contributed by atoms with Crippen molar-refractivity contribution in [2.45, 2.75) is 25.7 Å². The maximum atomic E-state index is 11.9. The Hall–Kier alpha value is -1.81. The van der Waals surface area contributed by atoms with Crippen molar-refractivity contribution >= 4 is 21.8 Å². The minimum absolute atomic E-state index is 0.00875. The van der Waals surface area contributed by atoms with Crippen LogP contribution in [0.15, 0.2) is 46.9 Å². The van der Waals surface area contributed by atoms with Crippen LogP contribution in [0.3, 0.4) is 0 Å². The molecule has 3 rings (SSSR count). The number of hydrogen-bond donors (Lipinski definition) is 1. The molecular formula is C19H20BrNO2. The molecule has 23 heavy (non-hydrogen) atoms. The van der Waals surface area contributed by atoms with Crippen LogP contribution < -0.4 is 10.1 Å². The van der Waals surface area contributed by atoms with Crippen LogP contribution in [0.5, 0.6) is 5.75 Å². The summed E-state index contributed by atoms with van der Waals surface area (Å²) in [5.41, 5.74) is 3.84. The van der Waals surface area contributed by atoms with Crippen molar-refractivity contribution in [2.75, 3.05) is 13.2 Å². The smallest absolute Gasteiger partial charge is 0.224 e. The van der Waals surface area contributed by atoms with Gasteiger partial charge in [0.15, 0.2) is 0 Å². The number of hydrogen-bond acceptors (Lipinski definition) is 2. The maximum absolute atomic E-state index is 11.9. The first-order chi connectivity index (χ1) is 11.2. The zero-order valence-electron chi connectivity index (χ0n) is 13.0. The highest BCUT2D eigenvalue weighted by Crippen LogP contribution is 2.25. The van der Waals surface area contributed by atoms with E-state index < -0.39 is 0 Å². The maximum Gasteiger partial charge on any atom is 0.224 e. The molecule has 0 atom stereocenters. The van der Waals surface area contributed by atoms with Crippen LogP contribution in [-0.2, 0) is 24.1 Å². The average Bonchev–Trinajstić information content (AvgIpc) is 3.01. The summed E-state index contributed by atoms with van der Waals surface area (Å²) < 4.78 is 6.69. The highest BCUT2D eigenvalue weighted by molar-refractivity contribution is 9.10. The first kappa shape index (κ1) is 16.1. The van der Waals surface area contributed by atoms with Gasteiger partial charge in [-0.3, -0.25) is 4.79 Å². The normalized spacial score (nSPS) is 12.7. The molecule has 0 fully saturated rings. The lowest BCUT2D eigenvalue weighted by atomic mass is 10.1. The number of amides is 1. The van der Waals surface area contributed by atoms with Crippen LogP contribution in [0.25, 0.3) is 0 Å². The molecule has 3 nitrogen and oxygen atoms in total. The van der Waals surface area contributed by atoms with Gasteiger partial charge in [-0.1, -0.05) is 40.2 Å². The molecule has 0 bridgehead atoms. The van der Waals surface area contributed by atoms with Gasteiger partial charge in [0.1, 0.15) is 12.4 Å². The van der Waals surface area contributed by atoms with E-state index in [1.165, 1.54) is 24.0 Å². The number of nitrogens with one attached hydrogen (secondary N) is 1. The molecule has 0 unspecified atom stereocenters. The second-order valence-electron chi connectivity index (χ2n) is 5.75. The minimum atomic E-state index is 0.00875. The van der Waals surface area contributed by atoms with E-state index in [9.17, 15) is 4.79 Å². The molecule has 1 aliphatic rings. The second-order valence-corrected chi connectivity index (χ2v) is 6.61. The third kappa shape index (κ3) is 4.35. The fourth-order valence-electron chi connectivity index (χ4n) is 2.87. The first-order valence-corrected chi connectivity index (χ1v) is 8.76. The van der Waals surface area contributed by atoms with Crippen LogP contribution >= 0.6 is 15.9 Å². The molecule has 0 saturated carbocycles. The van der Waals surface area contributed by atoms with E-state index in [4.69, 9.17) is 4.74 Å². The van der Waals surface area contributed by atoms with Gasteiger partial charge < -0.3 is 10.1 Å². The SMILES string of the molecule is O=C(Cc1ccccc1Br)NCCOc1ccc2c(c1)CCC2. The summed E-state index contributed by atoms with van der Waals surface area (Å²) in [5.74, 6) is 0.903. The van der Waals surface area contributed by atoms with Gasteiger partial charge in [0.25, 0.3) is 0 Å². The van der Waals surface area contributed by atoms with E-state index in [0.717, 1.165) is 22.2 Å². The topological polar surface area (TPSA) is 38.3 Å². The Balaban J connectivity index is 1.41. The molecule has 1 amide bonds. The summed E-state index contributed by atoms with van der Waals surface area (Å²) in [6.07, 6.45) is 3.94. The Labute approximate surface area is 145 Å². The van der Waals surface area contributed by atoms with Crippen molar-refractivity contribution in [3.8, 4) is 5.75 Å². The number of carbonyl (C=O) groups excluding carboxylic acids is 1. The van der Waals surface area contributed by atoms with Gasteiger partial charge in [-0.2, -0.15) is 0 Å². The third-order valence-corrected chi connectivity index (χ3v) is 4.85. The lowest BCUT2D eigenvalue weighted by molar-refractivity contribution is -0.120. The van der Waals surface area contributed by atoms with Gasteiger partial charge in [-0.25, -0.2) is 0 Å². The van der Waals surface area contributed by atoms with E-state index in [-0.39, 0.29) is 5.91 Å². The summed E-state index contributed by atoms with van der Waals surface area (Å²) in [5, 5.41) is 2.90. The Morgan fingerprint density at radius 1 is 1.13 bits per heavy atom. The Bertz CT molecular complexity index is 700. The van der Waals surface area contributed by atoms with E-state index in [2.05, 4.69) is 33.4 Å². The minimum Gasteiger partial charge on any atom is -0.492 e. The van der Waals surface area contributed by atoms with Crippen LogP contribution in [0, 0.1) is 0 Å². The second kappa shape index (κ2) is 7.64. The Kier molecular flexibility index (Phi) is 5.34. The largest absolute Gasteiger partial charge is 0.492 e. The van der Waals surface area contributed by atoms with E-state index in [1.807, 2.05) is 30.3 Å². The molecule has 1 aliphatic carbocycles. The number of fused-ring (bicyclic) bond motifs is 1. The zero-order valence-corrected chi connectivity index (χ0v) is 14.6. The lowest BCUT2D eigenvalue weighted by Crippen LogP contribution is -2.29. The number of rotatable bonds is 6. The van der Waals surface area contributed by atoms with Crippen LogP contribution in [0.2, 0.25) is 0 Å². The molecule has 1 N–H and O–H groups in total. The zero-order chi connectivity index (χ0) is 16.1. The van der Waals surface area contributed by atoms with Crippen molar-refractivity contribution < 1.29 is 9.53 Å². The first-order valence-electron chi connectivity index (χ1n) is 7.97. The van der Waals surface area contributed by atoms with Crippen molar-refractivity contribution in [1.29, 1.82) is 0 Å². The molecule has 0 heterocycles. The van der Waals surface area contributed by atoms with Crippen molar-refractivity contribution in [3.63, 3.8) is 0 Å². The molecule has 120 valence electrons. The van der Waals surface area contributed by atoms with Gasteiger partial charge in [-0.15, -0.1) is 0 Å². The predicted molar refractivity (Wildman–Crippen MR) is 94.8 cm³/mol. The lowest BCUT2D eigenvalue weighted by Gasteiger charge is -2.10. The van der Waals surface area contributed by atoms with Gasteiger partial charge in [0.05, 0.1) is 13.0 Å². The molecule has 0 spiro atoms. The summed E-state index contributed by atoms with van der Waals surface area (Å²) >= 11 is 3.46. The molecule has 0 saturated heterocycles. The highest BCUT2D eigenvalue weighted by Gasteiger charge is 2.11. The van der Waals surface area contributed by atoms with Crippen molar-refractivity contribution in [1.82, 2.24) is 5.32 Å². The predicted octanol–water partition coefficient (Wildman–Crippen LogP) is 3.68. The molecular weight excluding hydrogens is 354 g/mol. The average molecular weight is 374 g/mol. The number of carbonyl (C=O) groups is 1. The number of halogens is 1. The van der Waals surface area contributed by atoms with Crippen LogP contribution in [-0.4, -0.2) is 19.1 Å². The van der Waals surface area contributed by atoms with Gasteiger partial charge >= 0.3 is 0 Å². The standard InChI is InChI=1S/C19H20BrNO2/c20-18-7-2-1-4-16(18)13-19(22)21-10-11-23-17-9-8-14-5-3-6-15(14)12-17/h1-2,4,7-9,12H,3,5-6,10-11,13H2,(H,21,22). The number of benzene rings is 2. The quantitative estimate of drug-likeness (QED) is 0.784. The highest BCUT2D eigenvalue weighted by atomic mass is 79.9. The molecule has 2 aromatic carbocycles. The number of ether oxygens (including phenoxy) is 1. The summed E-state index contributed by atoms with van der Waals surface area (Å²) in [7, 11) is 0. The monoisotopic (exact) mass is 373 g/mol. The van der Waals surface area contributed by atoms with E-state index in [1.54, 1.807) is 0 Å². The third-order valence-electron chi connectivity index (χ3n) is 4.07. The molecule has 4 heteroatoms. The van der Waals surface area contributed by atoms with Gasteiger partial charge in [-0.05, 0) is 54.2 Å². The van der Waals surface area contributed by atoms with E-state index in [0.29, 0.717) is 19.6 Å². The van der Waals surface area contributed by atoms with E-state index >= 15 is 0 Å². The van der Waals surface area contributed by atoms with Crippen molar-refractivity contribution in [3.05, 3.63) is 63.6 Å². The Morgan fingerprint density at radius 3 is 2.83 bits per heavy atom. The summed E-state index contributed by atoms with van der Waals surface area (Å²) in [6, 6.07) is 14.1. The molecule has 0 aliphatic heterocycles. The summed E-state index contributed by atoms with van der Waals surface area (Å²) in [4.78, 5) is 11.9. The fourth-order valence-corrected chi connectivity index (χ4v) is 3.30. The fraction of sp³-hybridized carbons (Fsp3) is 0.316. The molecule has 0 radical (unpaired) electrons. The Morgan fingerprint density at radius 2 is 1.96 bits per heavy atom. The molecule has 2 aromatic rings. The van der Waals surface area contributed by atoms with Crippen molar-refractivity contribution in [2.24, 2.45) is 0 Å². The van der Waals surface area contributed by atoms with Gasteiger partial charge in [0, 0.05) is 4.47 Å². The molecule has 0 aromatic heterocycles. The van der Waals surface area contributed by atoms with Gasteiger partial charge in [0.2, 0.25) is 5.91 Å². The number of aryl methyl sites for hydroxylation is 2. The van der Waals surface area contributed by atoms with Crippen LogP contribution in [0.4, 0.5) is 0 Å². The summed E-state index contributed by atoms with van der Waals surface area (Å²) in [6.45, 7) is 1.00. The van der Waals surface area contributed by atoms with Crippen LogP contribution in [0.1, 0.15) is 23.1 Å².